The molecule has 2 nitrogen and oxygen atoms in total. The number of amides is 1. The van der Waals surface area contributed by atoms with Gasteiger partial charge < -0.3 is 4.90 Å². The first-order chi connectivity index (χ1) is 9.30. The fourth-order valence-corrected chi connectivity index (χ4v) is 3.21. The predicted molar refractivity (Wildman–Crippen MR) is 81.5 cm³/mol. The van der Waals surface area contributed by atoms with E-state index in [9.17, 15) is 18.0 Å². The lowest BCUT2D eigenvalue weighted by atomic mass is 9.96. The number of carbonyl (C=O) groups is 1. The molecule has 0 atom stereocenters. The van der Waals surface area contributed by atoms with Crippen molar-refractivity contribution < 1.29 is 18.0 Å². The molecule has 1 amide bonds. The Labute approximate surface area is 137 Å². The molecule has 0 spiro atoms. The number of halogens is 5. The second-order valence-corrected chi connectivity index (χ2v) is 6.64. The zero-order valence-electron chi connectivity index (χ0n) is 10.4. The first-order valence-corrected chi connectivity index (χ1v) is 7.98. The van der Waals surface area contributed by atoms with Gasteiger partial charge in [0.05, 0.1) is 11.5 Å². The summed E-state index contributed by atoms with van der Waals surface area (Å²) in [5.74, 6) is -1.48. The second-order valence-electron chi connectivity index (χ2n) is 4.71. The molecule has 1 saturated heterocycles. The minimum absolute atomic E-state index is 0.0141. The van der Waals surface area contributed by atoms with Crippen molar-refractivity contribution >= 4 is 44.4 Å². The lowest BCUT2D eigenvalue weighted by molar-refractivity contribution is -0.183. The van der Waals surface area contributed by atoms with Crippen LogP contribution in [-0.4, -0.2) is 30.1 Å². The normalized spacial score (nSPS) is 17.4. The van der Waals surface area contributed by atoms with E-state index < -0.39 is 12.1 Å². The van der Waals surface area contributed by atoms with Gasteiger partial charge in [-0.25, -0.2) is 0 Å². The molecule has 1 aliphatic rings. The van der Waals surface area contributed by atoms with Crippen molar-refractivity contribution in [3.63, 3.8) is 0 Å². The van der Waals surface area contributed by atoms with Gasteiger partial charge in [-0.05, 0) is 63.5 Å². The molecule has 110 valence electrons. The fourth-order valence-electron chi connectivity index (χ4n) is 2.25. The maximum absolute atomic E-state index is 12.6. The van der Waals surface area contributed by atoms with Crippen LogP contribution in [-0.2, 0) is 0 Å². The number of benzene rings is 1. The number of nitrogens with zero attached hydrogens (tertiary/aromatic N) is 1. The van der Waals surface area contributed by atoms with Crippen molar-refractivity contribution in [3.8, 4) is 0 Å². The Hall–Kier alpha value is -0.310. The summed E-state index contributed by atoms with van der Waals surface area (Å²) in [6, 6.07) is 5.28. The third-order valence-corrected chi connectivity index (χ3v) is 5.99. The number of piperidine rings is 1. The van der Waals surface area contributed by atoms with Crippen LogP contribution in [0.2, 0.25) is 0 Å². The smallest absolute Gasteiger partial charge is 0.339 e. The maximum atomic E-state index is 12.6. The van der Waals surface area contributed by atoms with Gasteiger partial charge in [0.15, 0.2) is 0 Å². The highest BCUT2D eigenvalue weighted by Crippen LogP contribution is 2.34. The molecular weight excluding hydrogens is 450 g/mol. The van der Waals surface area contributed by atoms with E-state index in [1.165, 1.54) is 4.90 Å². The summed E-state index contributed by atoms with van der Waals surface area (Å²) in [6.45, 7) is 0.317. The van der Waals surface area contributed by atoms with Gasteiger partial charge in [-0.3, -0.25) is 4.79 Å². The van der Waals surface area contributed by atoms with Crippen LogP contribution in [0.15, 0.2) is 22.7 Å². The molecule has 0 N–H and O–H groups in total. The summed E-state index contributed by atoms with van der Waals surface area (Å²) in [5, 5.41) is 0. The largest absolute Gasteiger partial charge is 0.391 e. The van der Waals surface area contributed by atoms with Gasteiger partial charge in [-0.1, -0.05) is 6.07 Å². The number of likely N-dealkylation sites (tertiary alicyclic amines) is 1. The average Bonchev–Trinajstić information content (AvgIpc) is 2.40. The summed E-state index contributed by atoms with van der Waals surface area (Å²) < 4.78 is 39.4. The topological polar surface area (TPSA) is 20.3 Å². The highest BCUT2D eigenvalue weighted by Gasteiger charge is 2.41. The molecule has 0 radical (unpaired) electrons. The van der Waals surface area contributed by atoms with Gasteiger partial charge in [0.2, 0.25) is 0 Å². The number of hydrogen-bond acceptors (Lipinski definition) is 1. The second kappa shape index (κ2) is 6.21. The molecule has 0 bridgehead atoms. The number of hydrogen-bond donors (Lipinski definition) is 0. The van der Waals surface area contributed by atoms with E-state index in [0.29, 0.717) is 5.56 Å². The zero-order valence-corrected chi connectivity index (χ0v) is 14.1. The summed E-state index contributed by atoms with van der Waals surface area (Å²) in [6.07, 6.45) is -4.18. The van der Waals surface area contributed by atoms with Crippen molar-refractivity contribution in [1.29, 1.82) is 0 Å². The molecule has 0 aliphatic carbocycles. The van der Waals surface area contributed by atoms with Crippen LogP contribution in [0.25, 0.3) is 0 Å². The Morgan fingerprint density at radius 3 is 2.45 bits per heavy atom. The van der Waals surface area contributed by atoms with Gasteiger partial charge >= 0.3 is 6.18 Å². The molecule has 2 rings (SSSR count). The molecule has 1 fully saturated rings. The van der Waals surface area contributed by atoms with Crippen LogP contribution in [0.5, 0.6) is 0 Å². The highest BCUT2D eigenvalue weighted by molar-refractivity contribution is 14.1. The van der Waals surface area contributed by atoms with Crippen molar-refractivity contribution in [2.75, 3.05) is 13.1 Å². The van der Waals surface area contributed by atoms with Crippen molar-refractivity contribution in [2.24, 2.45) is 5.92 Å². The fraction of sp³-hybridized carbons (Fsp3) is 0.462. The summed E-state index contributed by atoms with van der Waals surface area (Å²) in [4.78, 5) is 13.9. The molecule has 0 unspecified atom stereocenters. The average molecular weight is 462 g/mol. The summed E-state index contributed by atoms with van der Waals surface area (Å²) >= 11 is 5.41. The van der Waals surface area contributed by atoms with E-state index >= 15 is 0 Å². The Bertz CT molecular complexity index is 513. The summed E-state index contributed by atoms with van der Waals surface area (Å²) in [7, 11) is 0. The first-order valence-electron chi connectivity index (χ1n) is 6.10. The first kappa shape index (κ1) is 16.1. The standard InChI is InChI=1S/C13H12BrF3INO/c14-10-3-1-2-9(11(10)18)12(20)19-6-4-8(5-7-19)13(15,16)17/h1-3,8H,4-7H2. The van der Waals surface area contributed by atoms with Crippen LogP contribution in [0.1, 0.15) is 23.2 Å². The molecule has 7 heteroatoms. The van der Waals surface area contributed by atoms with Gasteiger partial charge in [0.25, 0.3) is 5.91 Å². The Balaban J connectivity index is 2.07. The molecule has 1 aromatic rings. The molecule has 1 aromatic carbocycles. The van der Waals surface area contributed by atoms with Gasteiger partial charge in [-0.15, -0.1) is 0 Å². The van der Waals surface area contributed by atoms with Crippen LogP contribution < -0.4 is 0 Å². The molecule has 20 heavy (non-hydrogen) atoms. The van der Waals surface area contributed by atoms with Crippen LogP contribution in [0, 0.1) is 9.49 Å². The quantitative estimate of drug-likeness (QED) is 0.565. The third kappa shape index (κ3) is 3.47. The van der Waals surface area contributed by atoms with Crippen LogP contribution in [0.3, 0.4) is 0 Å². The number of rotatable bonds is 1. The van der Waals surface area contributed by atoms with E-state index in [-0.39, 0.29) is 31.8 Å². The van der Waals surface area contributed by atoms with E-state index in [2.05, 4.69) is 38.5 Å². The monoisotopic (exact) mass is 461 g/mol. The number of carbonyl (C=O) groups excluding carboxylic acids is 1. The van der Waals surface area contributed by atoms with Gasteiger partial charge in [0.1, 0.15) is 0 Å². The maximum Gasteiger partial charge on any atom is 0.391 e. The van der Waals surface area contributed by atoms with Crippen molar-refractivity contribution in [1.82, 2.24) is 4.90 Å². The minimum Gasteiger partial charge on any atom is -0.339 e. The zero-order chi connectivity index (χ0) is 14.9. The van der Waals surface area contributed by atoms with E-state index in [1.54, 1.807) is 12.1 Å². The molecular formula is C13H12BrF3INO. The molecule has 1 heterocycles. The lowest BCUT2D eigenvalue weighted by Gasteiger charge is -2.33. The van der Waals surface area contributed by atoms with Crippen molar-refractivity contribution in [2.45, 2.75) is 19.0 Å². The van der Waals surface area contributed by atoms with E-state index in [1.807, 2.05) is 6.07 Å². The van der Waals surface area contributed by atoms with Gasteiger partial charge in [0, 0.05) is 21.1 Å². The predicted octanol–water partition coefficient (Wildman–Crippen LogP) is 4.47. The Morgan fingerprint density at radius 2 is 1.90 bits per heavy atom. The van der Waals surface area contributed by atoms with Gasteiger partial charge in [-0.2, -0.15) is 13.2 Å². The van der Waals surface area contributed by atoms with Crippen LogP contribution >= 0.6 is 38.5 Å². The Kier molecular flexibility index (Phi) is 4.99. The number of alkyl halides is 3. The highest BCUT2D eigenvalue weighted by atomic mass is 127. The SMILES string of the molecule is O=C(c1cccc(Br)c1I)N1CCC(C(F)(F)F)CC1. The minimum atomic E-state index is -4.15. The van der Waals surface area contributed by atoms with Crippen LogP contribution in [0.4, 0.5) is 13.2 Å². The van der Waals surface area contributed by atoms with E-state index in [4.69, 9.17) is 0 Å². The summed E-state index contributed by atoms with van der Waals surface area (Å²) in [5.41, 5.74) is 0.533. The van der Waals surface area contributed by atoms with E-state index in [0.717, 1.165) is 8.04 Å². The Morgan fingerprint density at radius 1 is 1.30 bits per heavy atom. The third-order valence-electron chi connectivity index (χ3n) is 3.43. The molecule has 1 aliphatic heterocycles. The lowest BCUT2D eigenvalue weighted by Crippen LogP contribution is -2.42. The van der Waals surface area contributed by atoms with Crippen molar-refractivity contribution in [3.05, 3.63) is 31.8 Å². The molecule has 0 saturated carbocycles. The molecule has 0 aromatic heterocycles.